The second-order valence-electron chi connectivity index (χ2n) is 6.94. The van der Waals surface area contributed by atoms with Gasteiger partial charge < -0.3 is 9.84 Å². The van der Waals surface area contributed by atoms with Gasteiger partial charge in [0.2, 0.25) is 0 Å². The van der Waals surface area contributed by atoms with Crippen LogP contribution in [0.5, 0.6) is 0 Å². The van der Waals surface area contributed by atoms with E-state index in [-0.39, 0.29) is 24.0 Å². The Labute approximate surface area is 162 Å². The fourth-order valence-electron chi connectivity index (χ4n) is 3.11. The molecule has 1 unspecified atom stereocenters. The molecule has 0 aliphatic heterocycles. The summed E-state index contributed by atoms with van der Waals surface area (Å²) in [5.41, 5.74) is 0. The van der Waals surface area contributed by atoms with E-state index in [1.165, 1.54) is 32.6 Å². The molecule has 0 heterocycles. The van der Waals surface area contributed by atoms with Crippen molar-refractivity contribution in [3.05, 3.63) is 36.5 Å². The fraction of sp³-hybridized carbons (Fsp3) is 0.591. The van der Waals surface area contributed by atoms with Crippen LogP contribution >= 0.6 is 0 Å². The molecule has 1 N–H and O–H groups in total. The van der Waals surface area contributed by atoms with Crippen molar-refractivity contribution >= 4 is 17.7 Å². The standard InChI is InChI=1S/C22H32O5/c1-3-4-5-6-7-9-12-18-15-16-20(24)19(18)13-10-8-11-14-21(22(25)26)27-17(2)23/h8-10,12,15-16,18-19,21H,3-7,11,13-14H2,1-2H3,(H,25,26)/b10-8-,12-9?/t18-,19+,21?/m0/s1. The van der Waals surface area contributed by atoms with E-state index in [1.54, 1.807) is 6.08 Å². The lowest BCUT2D eigenvalue weighted by Gasteiger charge is -2.13. The maximum absolute atomic E-state index is 12.1. The smallest absolute Gasteiger partial charge is 0.345 e. The number of carbonyl (C=O) groups is 3. The average molecular weight is 376 g/mol. The van der Waals surface area contributed by atoms with Crippen LogP contribution in [0.1, 0.15) is 65.2 Å². The van der Waals surface area contributed by atoms with E-state index in [1.807, 2.05) is 18.2 Å². The molecule has 150 valence electrons. The van der Waals surface area contributed by atoms with E-state index in [4.69, 9.17) is 9.84 Å². The van der Waals surface area contributed by atoms with Gasteiger partial charge in [0.25, 0.3) is 0 Å². The third kappa shape index (κ3) is 9.36. The van der Waals surface area contributed by atoms with Crippen molar-refractivity contribution in [3.63, 3.8) is 0 Å². The Morgan fingerprint density at radius 2 is 1.96 bits per heavy atom. The first kappa shape index (κ1) is 22.9. The second-order valence-corrected chi connectivity index (χ2v) is 6.94. The van der Waals surface area contributed by atoms with Crippen molar-refractivity contribution in [2.24, 2.45) is 11.8 Å². The maximum Gasteiger partial charge on any atom is 0.345 e. The summed E-state index contributed by atoms with van der Waals surface area (Å²) in [6, 6.07) is 0. The highest BCUT2D eigenvalue weighted by atomic mass is 16.6. The Kier molecular flexibility index (Phi) is 11.1. The zero-order valence-corrected chi connectivity index (χ0v) is 16.4. The molecule has 5 nitrogen and oxygen atoms in total. The van der Waals surface area contributed by atoms with E-state index >= 15 is 0 Å². The number of carboxylic acids is 1. The minimum absolute atomic E-state index is 0.0723. The Hall–Kier alpha value is -2.17. The van der Waals surface area contributed by atoms with Gasteiger partial charge in [0.1, 0.15) is 0 Å². The predicted octanol–water partition coefficient (Wildman–Crippen LogP) is 4.63. The number of aliphatic carboxylic acids is 1. The zero-order chi connectivity index (χ0) is 20.1. The number of hydrogen-bond acceptors (Lipinski definition) is 4. The van der Waals surface area contributed by atoms with Crippen LogP contribution in [0, 0.1) is 11.8 Å². The molecule has 5 heteroatoms. The quantitative estimate of drug-likeness (QED) is 0.288. The van der Waals surface area contributed by atoms with Crippen LogP contribution < -0.4 is 0 Å². The summed E-state index contributed by atoms with van der Waals surface area (Å²) in [6.07, 6.45) is 17.9. The van der Waals surface area contributed by atoms with Crippen molar-refractivity contribution < 1.29 is 24.2 Å². The number of unbranched alkanes of at least 4 members (excludes halogenated alkanes) is 4. The summed E-state index contributed by atoms with van der Waals surface area (Å²) in [7, 11) is 0. The van der Waals surface area contributed by atoms with Crippen LogP contribution in [0.3, 0.4) is 0 Å². The SMILES string of the molecule is CCCCCCC=C[C@H]1C=CC(=O)[C@@H]1C/C=C\CCC(OC(C)=O)C(=O)O. The minimum Gasteiger partial charge on any atom is -0.479 e. The number of ether oxygens (including phenoxy) is 1. The van der Waals surface area contributed by atoms with Gasteiger partial charge >= 0.3 is 11.9 Å². The highest BCUT2D eigenvalue weighted by molar-refractivity contribution is 5.95. The number of allylic oxidation sites excluding steroid dienone is 6. The first-order valence-electron chi connectivity index (χ1n) is 9.89. The molecule has 0 saturated carbocycles. The first-order chi connectivity index (χ1) is 13.0. The van der Waals surface area contributed by atoms with Crippen molar-refractivity contribution in [1.29, 1.82) is 0 Å². The maximum atomic E-state index is 12.1. The van der Waals surface area contributed by atoms with Crippen LogP contribution in [-0.2, 0) is 19.1 Å². The minimum atomic E-state index is -1.14. The van der Waals surface area contributed by atoms with Crippen LogP contribution in [0.25, 0.3) is 0 Å². The first-order valence-corrected chi connectivity index (χ1v) is 9.89. The molecule has 0 fully saturated rings. The van der Waals surface area contributed by atoms with Crippen LogP contribution in [0.15, 0.2) is 36.5 Å². The van der Waals surface area contributed by atoms with Crippen LogP contribution in [0.2, 0.25) is 0 Å². The Morgan fingerprint density at radius 1 is 1.19 bits per heavy atom. The van der Waals surface area contributed by atoms with Gasteiger partial charge in [-0.15, -0.1) is 0 Å². The fourth-order valence-corrected chi connectivity index (χ4v) is 3.11. The lowest BCUT2D eigenvalue weighted by molar-refractivity contribution is -0.162. The third-order valence-corrected chi connectivity index (χ3v) is 4.63. The molecule has 0 saturated heterocycles. The highest BCUT2D eigenvalue weighted by Gasteiger charge is 2.26. The predicted molar refractivity (Wildman–Crippen MR) is 105 cm³/mol. The van der Waals surface area contributed by atoms with Crippen LogP contribution in [0.4, 0.5) is 0 Å². The van der Waals surface area contributed by atoms with Gasteiger partial charge in [-0.1, -0.05) is 56.6 Å². The van der Waals surface area contributed by atoms with Gasteiger partial charge in [-0.3, -0.25) is 9.59 Å². The Morgan fingerprint density at radius 3 is 2.63 bits per heavy atom. The molecule has 0 amide bonds. The molecule has 3 atom stereocenters. The molecule has 1 aliphatic rings. The summed E-state index contributed by atoms with van der Waals surface area (Å²) < 4.78 is 4.76. The summed E-state index contributed by atoms with van der Waals surface area (Å²) in [5, 5.41) is 9.01. The van der Waals surface area contributed by atoms with Crippen LogP contribution in [-0.4, -0.2) is 28.9 Å². The molecule has 0 aromatic rings. The largest absolute Gasteiger partial charge is 0.479 e. The molecule has 1 aliphatic carbocycles. The lowest BCUT2D eigenvalue weighted by atomic mass is 9.90. The molecular formula is C22H32O5. The van der Waals surface area contributed by atoms with Gasteiger partial charge in [-0.25, -0.2) is 4.79 Å². The number of esters is 1. The van der Waals surface area contributed by atoms with Gasteiger partial charge in [-0.05, 0) is 38.2 Å². The molecular weight excluding hydrogens is 344 g/mol. The van der Waals surface area contributed by atoms with Gasteiger partial charge in [-0.2, -0.15) is 0 Å². The summed E-state index contributed by atoms with van der Waals surface area (Å²) in [6.45, 7) is 3.39. The number of hydrogen-bond donors (Lipinski definition) is 1. The molecule has 1 rings (SSSR count). The van der Waals surface area contributed by atoms with Gasteiger partial charge in [0.05, 0.1) is 0 Å². The summed E-state index contributed by atoms with van der Waals surface area (Å²) >= 11 is 0. The van der Waals surface area contributed by atoms with E-state index in [0.29, 0.717) is 12.8 Å². The van der Waals surface area contributed by atoms with Crippen molar-refractivity contribution in [2.45, 2.75) is 71.3 Å². The molecule has 0 aromatic carbocycles. The third-order valence-electron chi connectivity index (χ3n) is 4.63. The van der Waals surface area contributed by atoms with E-state index in [9.17, 15) is 14.4 Å². The molecule has 0 radical (unpaired) electrons. The van der Waals surface area contributed by atoms with E-state index in [0.717, 1.165) is 6.42 Å². The normalized spacial score (nSPS) is 20.6. The molecule has 27 heavy (non-hydrogen) atoms. The molecule has 0 aromatic heterocycles. The number of carbonyl (C=O) groups excluding carboxylic acids is 2. The summed E-state index contributed by atoms with van der Waals surface area (Å²) in [5.74, 6) is -1.53. The number of ketones is 1. The van der Waals surface area contributed by atoms with E-state index < -0.39 is 18.0 Å². The Bertz CT molecular complexity index is 573. The van der Waals surface area contributed by atoms with Gasteiger partial charge in [0, 0.05) is 18.8 Å². The topological polar surface area (TPSA) is 80.7 Å². The Balaban J connectivity index is 2.38. The van der Waals surface area contributed by atoms with Gasteiger partial charge in [0.15, 0.2) is 11.9 Å². The van der Waals surface area contributed by atoms with E-state index in [2.05, 4.69) is 19.1 Å². The van der Waals surface area contributed by atoms with Crippen molar-refractivity contribution in [3.8, 4) is 0 Å². The average Bonchev–Trinajstić information content (AvgIpc) is 2.96. The second kappa shape index (κ2) is 13.1. The molecule has 0 spiro atoms. The van der Waals surface area contributed by atoms with Crippen molar-refractivity contribution in [1.82, 2.24) is 0 Å². The van der Waals surface area contributed by atoms with Crippen molar-refractivity contribution in [2.75, 3.05) is 0 Å². The monoisotopic (exact) mass is 376 g/mol. The number of rotatable bonds is 13. The highest BCUT2D eigenvalue weighted by Crippen LogP contribution is 2.27. The number of carboxylic acid groups (broad SMARTS) is 1. The summed E-state index contributed by atoms with van der Waals surface area (Å²) in [4.78, 5) is 34.0. The zero-order valence-electron chi connectivity index (χ0n) is 16.4. The lowest BCUT2D eigenvalue weighted by Crippen LogP contribution is -2.25. The molecule has 0 bridgehead atoms.